The van der Waals surface area contributed by atoms with Crippen LogP contribution < -0.4 is 0 Å². The normalized spacial score (nSPS) is 12.8. The third-order valence-corrected chi connectivity index (χ3v) is 3.49. The van der Waals surface area contributed by atoms with E-state index in [0.717, 1.165) is 16.9 Å². The third-order valence-electron chi connectivity index (χ3n) is 3.25. The molecule has 2 rings (SSSR count). The van der Waals surface area contributed by atoms with E-state index in [1.807, 2.05) is 23.1 Å². The maximum Gasteiger partial charge on any atom is 0.328 e. The average molecular weight is 299 g/mol. The van der Waals surface area contributed by atoms with Crippen molar-refractivity contribution in [3.63, 3.8) is 0 Å². The predicted octanol–water partition coefficient (Wildman–Crippen LogP) is 2.42. The molecule has 0 saturated heterocycles. The molecule has 7 heteroatoms. The van der Waals surface area contributed by atoms with Gasteiger partial charge >= 0.3 is 5.97 Å². The fraction of sp³-hybridized carbons (Fsp3) is 0.615. The molecular formula is C13H19ClN4O2. The van der Waals surface area contributed by atoms with Crippen molar-refractivity contribution in [2.75, 3.05) is 6.61 Å². The molecule has 0 aromatic carbocycles. The number of esters is 1. The van der Waals surface area contributed by atoms with Crippen molar-refractivity contribution >= 4 is 28.7 Å². The second-order valence-corrected chi connectivity index (χ2v) is 4.80. The lowest BCUT2D eigenvalue weighted by Crippen LogP contribution is -2.22. The quantitative estimate of drug-likeness (QED) is 0.628. The van der Waals surface area contributed by atoms with Crippen LogP contribution in [0.2, 0.25) is 0 Å². The molecule has 110 valence electrons. The first-order valence-electron chi connectivity index (χ1n) is 6.71. The van der Waals surface area contributed by atoms with Gasteiger partial charge in [0.15, 0.2) is 5.65 Å². The molecule has 0 spiro atoms. The summed E-state index contributed by atoms with van der Waals surface area (Å²) in [5.41, 5.74) is 2.45. The number of halogens is 1. The molecule has 0 amide bonds. The molecule has 0 N–H and O–H groups in total. The molecule has 2 heterocycles. The number of aryl methyl sites for hydroxylation is 2. The Labute approximate surface area is 122 Å². The molecule has 0 saturated carbocycles. The molecule has 6 nitrogen and oxygen atoms in total. The SMILES string of the molecule is CCOC(=O)C(C)n1c(CCl)nc2c(C)nn(CC)c21. The Morgan fingerprint density at radius 1 is 1.45 bits per heavy atom. The van der Waals surface area contributed by atoms with Gasteiger partial charge in [-0.25, -0.2) is 14.5 Å². The number of alkyl halides is 1. The smallest absolute Gasteiger partial charge is 0.328 e. The fourth-order valence-corrected chi connectivity index (χ4v) is 2.51. The zero-order valence-electron chi connectivity index (χ0n) is 12.2. The first kappa shape index (κ1) is 14.8. The number of fused-ring (bicyclic) bond motifs is 1. The van der Waals surface area contributed by atoms with Gasteiger partial charge in [-0.05, 0) is 27.7 Å². The van der Waals surface area contributed by atoms with E-state index in [0.29, 0.717) is 19.0 Å². The highest BCUT2D eigenvalue weighted by Crippen LogP contribution is 2.25. The zero-order chi connectivity index (χ0) is 14.9. The molecule has 0 aliphatic carbocycles. The lowest BCUT2D eigenvalue weighted by Gasteiger charge is -2.16. The summed E-state index contributed by atoms with van der Waals surface area (Å²) in [6.07, 6.45) is 0. The molecule has 20 heavy (non-hydrogen) atoms. The van der Waals surface area contributed by atoms with Crippen LogP contribution in [0.4, 0.5) is 0 Å². The van der Waals surface area contributed by atoms with Gasteiger partial charge in [-0.2, -0.15) is 5.10 Å². The van der Waals surface area contributed by atoms with Crippen LogP contribution in [-0.2, 0) is 22.0 Å². The summed E-state index contributed by atoms with van der Waals surface area (Å²) in [5, 5.41) is 4.43. The van der Waals surface area contributed by atoms with E-state index in [-0.39, 0.29) is 11.8 Å². The summed E-state index contributed by atoms with van der Waals surface area (Å²) in [5.74, 6) is 0.603. The van der Waals surface area contributed by atoms with Crippen LogP contribution in [0.3, 0.4) is 0 Å². The van der Waals surface area contributed by atoms with Crippen LogP contribution in [0.5, 0.6) is 0 Å². The molecule has 1 atom stereocenters. The van der Waals surface area contributed by atoms with Gasteiger partial charge in [-0.1, -0.05) is 0 Å². The van der Waals surface area contributed by atoms with E-state index < -0.39 is 6.04 Å². The Morgan fingerprint density at radius 3 is 2.70 bits per heavy atom. The molecule has 2 aromatic rings. The molecule has 0 aliphatic rings. The van der Waals surface area contributed by atoms with E-state index in [1.54, 1.807) is 13.8 Å². The van der Waals surface area contributed by atoms with Crippen molar-refractivity contribution in [3.8, 4) is 0 Å². The lowest BCUT2D eigenvalue weighted by molar-refractivity contribution is -0.146. The van der Waals surface area contributed by atoms with Crippen molar-refractivity contribution in [1.29, 1.82) is 0 Å². The highest BCUT2D eigenvalue weighted by Gasteiger charge is 2.25. The zero-order valence-corrected chi connectivity index (χ0v) is 12.9. The minimum atomic E-state index is -0.477. The van der Waals surface area contributed by atoms with Crippen LogP contribution in [0, 0.1) is 6.92 Å². The van der Waals surface area contributed by atoms with E-state index in [9.17, 15) is 4.79 Å². The summed E-state index contributed by atoms with van der Waals surface area (Å²) in [4.78, 5) is 16.5. The van der Waals surface area contributed by atoms with Gasteiger partial charge < -0.3 is 4.74 Å². The summed E-state index contributed by atoms with van der Waals surface area (Å²) >= 11 is 5.97. The van der Waals surface area contributed by atoms with E-state index >= 15 is 0 Å². The molecule has 2 aromatic heterocycles. The maximum absolute atomic E-state index is 12.0. The Morgan fingerprint density at radius 2 is 2.15 bits per heavy atom. The van der Waals surface area contributed by atoms with Crippen LogP contribution in [0.15, 0.2) is 0 Å². The fourth-order valence-electron chi connectivity index (χ4n) is 2.32. The van der Waals surface area contributed by atoms with E-state index in [1.165, 1.54) is 0 Å². The molecular weight excluding hydrogens is 280 g/mol. The van der Waals surface area contributed by atoms with Crippen molar-refractivity contribution in [2.45, 2.75) is 46.2 Å². The van der Waals surface area contributed by atoms with Gasteiger partial charge in [0.25, 0.3) is 0 Å². The Balaban J connectivity index is 2.62. The Hall–Kier alpha value is -1.56. The Bertz CT molecular complexity index is 632. The van der Waals surface area contributed by atoms with Crippen molar-refractivity contribution in [1.82, 2.24) is 19.3 Å². The van der Waals surface area contributed by atoms with Gasteiger partial charge in [0.2, 0.25) is 0 Å². The molecule has 0 radical (unpaired) electrons. The second-order valence-electron chi connectivity index (χ2n) is 4.53. The lowest BCUT2D eigenvalue weighted by atomic mass is 10.3. The van der Waals surface area contributed by atoms with E-state index in [4.69, 9.17) is 16.3 Å². The second kappa shape index (κ2) is 5.83. The number of imidazole rings is 1. The highest BCUT2D eigenvalue weighted by molar-refractivity contribution is 6.16. The van der Waals surface area contributed by atoms with Gasteiger partial charge in [-0.3, -0.25) is 4.57 Å². The average Bonchev–Trinajstić information content (AvgIpc) is 2.96. The third kappa shape index (κ3) is 2.28. The number of carbonyl (C=O) groups excluding carboxylic acids is 1. The standard InChI is InChI=1S/C13H19ClN4O2/c1-5-17-12-11(8(3)16-17)15-10(7-14)18(12)9(4)13(19)20-6-2/h9H,5-7H2,1-4H3. The van der Waals surface area contributed by atoms with Gasteiger partial charge in [0.05, 0.1) is 18.2 Å². The first-order valence-corrected chi connectivity index (χ1v) is 7.25. The van der Waals surface area contributed by atoms with Gasteiger partial charge in [0.1, 0.15) is 17.4 Å². The monoisotopic (exact) mass is 298 g/mol. The summed E-state index contributed by atoms with van der Waals surface area (Å²) < 4.78 is 8.76. The molecule has 0 aliphatic heterocycles. The number of hydrogen-bond donors (Lipinski definition) is 0. The predicted molar refractivity (Wildman–Crippen MR) is 76.8 cm³/mol. The summed E-state index contributed by atoms with van der Waals surface area (Å²) in [6.45, 7) is 8.53. The Kier molecular flexibility index (Phi) is 4.32. The van der Waals surface area contributed by atoms with Gasteiger partial charge in [-0.15, -0.1) is 11.6 Å². The summed E-state index contributed by atoms with van der Waals surface area (Å²) in [6, 6.07) is -0.477. The number of rotatable bonds is 5. The molecule has 0 bridgehead atoms. The van der Waals surface area contributed by atoms with Crippen LogP contribution in [-0.4, -0.2) is 31.9 Å². The minimum absolute atomic E-state index is 0.238. The van der Waals surface area contributed by atoms with Crippen LogP contribution in [0.1, 0.15) is 38.3 Å². The summed E-state index contributed by atoms with van der Waals surface area (Å²) in [7, 11) is 0. The number of nitrogens with zero attached hydrogens (tertiary/aromatic N) is 4. The topological polar surface area (TPSA) is 61.9 Å². The van der Waals surface area contributed by atoms with Gasteiger partial charge in [0, 0.05) is 6.54 Å². The largest absolute Gasteiger partial charge is 0.464 e. The van der Waals surface area contributed by atoms with Crippen LogP contribution >= 0.6 is 11.6 Å². The maximum atomic E-state index is 12.0. The number of ether oxygens (including phenoxy) is 1. The van der Waals surface area contributed by atoms with E-state index in [2.05, 4.69) is 10.1 Å². The molecule has 0 fully saturated rings. The van der Waals surface area contributed by atoms with Crippen molar-refractivity contribution in [3.05, 3.63) is 11.5 Å². The van der Waals surface area contributed by atoms with Crippen molar-refractivity contribution in [2.24, 2.45) is 0 Å². The van der Waals surface area contributed by atoms with Crippen molar-refractivity contribution < 1.29 is 9.53 Å². The minimum Gasteiger partial charge on any atom is -0.464 e. The molecule has 1 unspecified atom stereocenters. The van der Waals surface area contributed by atoms with Crippen LogP contribution in [0.25, 0.3) is 11.2 Å². The number of carbonyl (C=O) groups is 1. The highest BCUT2D eigenvalue weighted by atomic mass is 35.5. The first-order chi connectivity index (χ1) is 9.54. The number of hydrogen-bond acceptors (Lipinski definition) is 4. The number of aromatic nitrogens is 4.